The van der Waals surface area contributed by atoms with E-state index in [0.29, 0.717) is 20.9 Å². The SMILES string of the molecule is Cc1ccc(Cl)c2sc(N(Cc3ccccn3)C(=O)CCCS(=O)(=O)c3ccc(Cl)cc3)nc12. The molecule has 4 rings (SSSR count). The second-order valence-electron chi connectivity index (χ2n) is 7.72. The molecule has 0 spiro atoms. The minimum absolute atomic E-state index is 0.0439. The van der Waals surface area contributed by atoms with E-state index in [2.05, 4.69) is 9.97 Å². The van der Waals surface area contributed by atoms with Crippen LogP contribution < -0.4 is 4.90 Å². The summed E-state index contributed by atoms with van der Waals surface area (Å²) in [6, 6.07) is 15.2. The molecule has 0 fully saturated rings. The van der Waals surface area contributed by atoms with Crippen LogP contribution >= 0.6 is 34.5 Å². The second-order valence-corrected chi connectivity index (χ2v) is 11.6. The summed E-state index contributed by atoms with van der Waals surface area (Å²) in [4.78, 5) is 24.0. The van der Waals surface area contributed by atoms with Crippen molar-refractivity contribution in [2.24, 2.45) is 0 Å². The van der Waals surface area contributed by atoms with E-state index in [0.717, 1.165) is 15.8 Å². The zero-order chi connectivity index (χ0) is 24.3. The van der Waals surface area contributed by atoms with Crippen molar-refractivity contribution in [1.82, 2.24) is 9.97 Å². The molecule has 34 heavy (non-hydrogen) atoms. The molecule has 2 aromatic heterocycles. The fourth-order valence-electron chi connectivity index (χ4n) is 3.43. The molecule has 0 radical (unpaired) electrons. The summed E-state index contributed by atoms with van der Waals surface area (Å²) in [5.41, 5.74) is 2.41. The van der Waals surface area contributed by atoms with E-state index in [1.165, 1.54) is 35.6 Å². The number of carbonyl (C=O) groups is 1. The van der Waals surface area contributed by atoms with Gasteiger partial charge in [0.25, 0.3) is 0 Å². The summed E-state index contributed by atoms with van der Waals surface area (Å²) in [5.74, 6) is -0.382. The van der Waals surface area contributed by atoms with Gasteiger partial charge in [-0.3, -0.25) is 14.7 Å². The van der Waals surface area contributed by atoms with Gasteiger partial charge in [0.05, 0.1) is 38.1 Å². The monoisotopic (exact) mass is 533 g/mol. The molecule has 0 bridgehead atoms. The number of halogens is 2. The summed E-state index contributed by atoms with van der Waals surface area (Å²) in [6.45, 7) is 2.16. The Bertz CT molecular complexity index is 1380. The first-order valence-corrected chi connectivity index (χ1v) is 13.7. The molecule has 0 aliphatic carbocycles. The maximum Gasteiger partial charge on any atom is 0.229 e. The quantitative estimate of drug-likeness (QED) is 0.273. The third-order valence-electron chi connectivity index (χ3n) is 5.24. The van der Waals surface area contributed by atoms with Crippen LogP contribution in [0.25, 0.3) is 10.2 Å². The molecule has 6 nitrogen and oxygen atoms in total. The molecule has 0 saturated heterocycles. The fraction of sp³-hybridized carbons (Fsp3) is 0.208. The van der Waals surface area contributed by atoms with Crippen molar-refractivity contribution in [3.05, 3.63) is 82.1 Å². The maximum absolute atomic E-state index is 13.3. The number of pyridine rings is 1. The number of benzene rings is 2. The molecule has 2 heterocycles. The molecule has 1 amide bonds. The van der Waals surface area contributed by atoms with Crippen molar-refractivity contribution in [1.29, 1.82) is 0 Å². The first-order valence-electron chi connectivity index (χ1n) is 10.5. The van der Waals surface area contributed by atoms with E-state index in [-0.39, 0.29) is 35.9 Å². The van der Waals surface area contributed by atoms with Gasteiger partial charge >= 0.3 is 0 Å². The Morgan fingerprint density at radius 3 is 2.50 bits per heavy atom. The van der Waals surface area contributed by atoms with Gasteiger partial charge in [-0.25, -0.2) is 13.4 Å². The molecule has 0 unspecified atom stereocenters. The summed E-state index contributed by atoms with van der Waals surface area (Å²) in [7, 11) is -3.53. The zero-order valence-electron chi connectivity index (χ0n) is 18.2. The molecule has 4 aromatic rings. The van der Waals surface area contributed by atoms with Crippen molar-refractivity contribution in [3.63, 3.8) is 0 Å². The van der Waals surface area contributed by atoms with Gasteiger partial charge in [0.1, 0.15) is 0 Å². The lowest BCUT2D eigenvalue weighted by molar-refractivity contribution is -0.118. The minimum atomic E-state index is -3.53. The highest BCUT2D eigenvalue weighted by molar-refractivity contribution is 7.91. The summed E-state index contributed by atoms with van der Waals surface area (Å²) >= 11 is 13.6. The van der Waals surface area contributed by atoms with Crippen molar-refractivity contribution < 1.29 is 13.2 Å². The third-order valence-corrected chi connectivity index (χ3v) is 8.85. The van der Waals surface area contributed by atoms with E-state index >= 15 is 0 Å². The predicted octanol–water partition coefficient (Wildman–Crippen LogP) is 6.09. The number of amides is 1. The maximum atomic E-state index is 13.3. The number of sulfone groups is 1. The molecule has 0 saturated carbocycles. The van der Waals surface area contributed by atoms with Crippen LogP contribution in [0.5, 0.6) is 0 Å². The van der Waals surface area contributed by atoms with Crippen LogP contribution in [0.1, 0.15) is 24.1 Å². The predicted molar refractivity (Wildman–Crippen MR) is 138 cm³/mol. The van der Waals surface area contributed by atoms with Crippen LogP contribution in [0, 0.1) is 6.92 Å². The van der Waals surface area contributed by atoms with Gasteiger partial charge in [-0.15, -0.1) is 0 Å². The van der Waals surface area contributed by atoms with Gasteiger partial charge in [0.2, 0.25) is 5.91 Å². The molecule has 10 heteroatoms. The number of anilines is 1. The number of rotatable bonds is 8. The number of aryl methyl sites for hydroxylation is 1. The fourth-order valence-corrected chi connectivity index (χ4v) is 6.20. The number of nitrogens with zero attached hydrogens (tertiary/aromatic N) is 3. The van der Waals surface area contributed by atoms with Gasteiger partial charge < -0.3 is 0 Å². The average Bonchev–Trinajstić information content (AvgIpc) is 3.27. The van der Waals surface area contributed by atoms with Crippen molar-refractivity contribution >= 4 is 65.6 Å². The lowest BCUT2D eigenvalue weighted by atomic mass is 10.2. The van der Waals surface area contributed by atoms with Crippen LogP contribution in [-0.2, 0) is 21.2 Å². The highest BCUT2D eigenvalue weighted by Gasteiger charge is 2.23. The lowest BCUT2D eigenvalue weighted by Gasteiger charge is -2.19. The molecule has 0 atom stereocenters. The highest BCUT2D eigenvalue weighted by Crippen LogP contribution is 2.36. The zero-order valence-corrected chi connectivity index (χ0v) is 21.4. The topological polar surface area (TPSA) is 80.2 Å². The van der Waals surface area contributed by atoms with Crippen LogP contribution in [0.4, 0.5) is 5.13 Å². The third kappa shape index (κ3) is 5.58. The standard InChI is InChI=1S/C24H21Cl2N3O3S2/c1-16-7-12-20(26)23-22(16)28-24(33-23)29(15-18-5-2-3-13-27-18)21(30)6-4-14-34(31,32)19-10-8-17(25)9-11-19/h2-3,5,7-13H,4,6,14-15H2,1H3. The van der Waals surface area contributed by atoms with Gasteiger partial charge in [-0.1, -0.05) is 46.7 Å². The minimum Gasteiger partial charge on any atom is -0.282 e. The van der Waals surface area contributed by atoms with Crippen molar-refractivity contribution in [3.8, 4) is 0 Å². The van der Waals surface area contributed by atoms with Gasteiger partial charge in [0.15, 0.2) is 15.0 Å². The van der Waals surface area contributed by atoms with Gasteiger partial charge in [0, 0.05) is 17.6 Å². The highest BCUT2D eigenvalue weighted by atomic mass is 35.5. The number of hydrogen-bond donors (Lipinski definition) is 0. The van der Waals surface area contributed by atoms with E-state index < -0.39 is 9.84 Å². The Balaban J connectivity index is 1.55. The molecule has 176 valence electrons. The summed E-state index contributed by atoms with van der Waals surface area (Å²) < 4.78 is 26.1. The van der Waals surface area contributed by atoms with Gasteiger partial charge in [-0.05, 0) is 61.4 Å². The Labute approximate surface area is 212 Å². The van der Waals surface area contributed by atoms with E-state index in [1.54, 1.807) is 17.2 Å². The van der Waals surface area contributed by atoms with E-state index in [1.807, 2.05) is 31.2 Å². The lowest BCUT2D eigenvalue weighted by Crippen LogP contribution is -2.30. The first kappa shape index (κ1) is 24.6. The van der Waals surface area contributed by atoms with Gasteiger partial charge in [-0.2, -0.15) is 0 Å². The number of thiazole rings is 1. The van der Waals surface area contributed by atoms with Crippen molar-refractivity contribution in [2.45, 2.75) is 31.2 Å². The smallest absolute Gasteiger partial charge is 0.229 e. The van der Waals surface area contributed by atoms with E-state index in [9.17, 15) is 13.2 Å². The number of aromatic nitrogens is 2. The second kappa shape index (κ2) is 10.4. The Kier molecular flexibility index (Phi) is 7.52. The normalized spacial score (nSPS) is 11.6. The van der Waals surface area contributed by atoms with E-state index in [4.69, 9.17) is 23.2 Å². The number of carbonyl (C=O) groups excluding carboxylic acids is 1. The largest absolute Gasteiger partial charge is 0.282 e. The van der Waals surface area contributed by atoms with Crippen LogP contribution in [0.15, 0.2) is 65.7 Å². The Morgan fingerprint density at radius 1 is 1.06 bits per heavy atom. The van der Waals surface area contributed by atoms with Crippen molar-refractivity contribution in [2.75, 3.05) is 10.7 Å². The van der Waals surface area contributed by atoms with Crippen LogP contribution in [-0.4, -0.2) is 30.0 Å². The molecule has 0 aliphatic heterocycles. The first-order chi connectivity index (χ1) is 16.2. The molecule has 0 aliphatic rings. The molecular formula is C24H21Cl2N3O3S2. The Morgan fingerprint density at radius 2 is 1.82 bits per heavy atom. The Hall–Kier alpha value is -2.52. The number of fused-ring (bicyclic) bond motifs is 1. The molecule has 0 N–H and O–H groups in total. The van der Waals surface area contributed by atoms with Crippen LogP contribution in [0.2, 0.25) is 10.0 Å². The van der Waals surface area contributed by atoms with Crippen LogP contribution in [0.3, 0.4) is 0 Å². The molecular weight excluding hydrogens is 513 g/mol. The summed E-state index contributed by atoms with van der Waals surface area (Å²) in [5, 5.41) is 1.54. The average molecular weight is 534 g/mol. The summed E-state index contributed by atoms with van der Waals surface area (Å²) in [6.07, 6.45) is 1.88. The molecule has 2 aromatic carbocycles. The number of hydrogen-bond acceptors (Lipinski definition) is 6.